The molecule has 0 aliphatic rings. The molecule has 1 aromatic carbocycles. The van der Waals surface area contributed by atoms with Crippen molar-refractivity contribution in [3.63, 3.8) is 0 Å². The van der Waals surface area contributed by atoms with Gasteiger partial charge in [-0.15, -0.1) is 0 Å². The van der Waals surface area contributed by atoms with E-state index in [-0.39, 0.29) is 0 Å². The molecule has 26 heavy (non-hydrogen) atoms. The first-order chi connectivity index (χ1) is 12.6. The second-order valence-corrected chi connectivity index (χ2v) is 5.50. The van der Waals surface area contributed by atoms with Crippen molar-refractivity contribution in [1.29, 1.82) is 0 Å². The van der Waals surface area contributed by atoms with Gasteiger partial charge in [0.2, 0.25) is 5.75 Å². The van der Waals surface area contributed by atoms with Crippen molar-refractivity contribution in [2.45, 2.75) is 13.8 Å². The Hall–Kier alpha value is -3.29. The molecule has 0 aliphatic carbocycles. The van der Waals surface area contributed by atoms with Gasteiger partial charge in [0.15, 0.2) is 17.3 Å². The highest BCUT2D eigenvalue weighted by Gasteiger charge is 2.16. The Morgan fingerprint density at radius 1 is 1.00 bits per heavy atom. The maximum atomic E-state index is 5.37. The van der Waals surface area contributed by atoms with Crippen LogP contribution in [0.2, 0.25) is 0 Å². The summed E-state index contributed by atoms with van der Waals surface area (Å²) in [6, 6.07) is 5.38. The minimum absolute atomic E-state index is 0.527. The van der Waals surface area contributed by atoms with Crippen LogP contribution in [-0.2, 0) is 0 Å². The van der Waals surface area contributed by atoms with E-state index in [0.717, 1.165) is 16.9 Å². The molecule has 0 amide bonds. The van der Waals surface area contributed by atoms with Crippen LogP contribution in [0.1, 0.15) is 11.5 Å². The quantitative estimate of drug-likeness (QED) is 0.717. The van der Waals surface area contributed by atoms with Crippen LogP contribution in [0.15, 0.2) is 28.9 Å². The van der Waals surface area contributed by atoms with Crippen LogP contribution < -0.4 is 19.5 Å². The largest absolute Gasteiger partial charge is 0.493 e. The van der Waals surface area contributed by atoms with E-state index in [1.54, 1.807) is 45.7 Å². The van der Waals surface area contributed by atoms with E-state index in [2.05, 4.69) is 20.4 Å². The van der Waals surface area contributed by atoms with Gasteiger partial charge in [0.1, 0.15) is 11.6 Å². The van der Waals surface area contributed by atoms with Crippen molar-refractivity contribution in [3.8, 4) is 28.6 Å². The fourth-order valence-corrected chi connectivity index (χ4v) is 2.65. The van der Waals surface area contributed by atoms with Crippen LogP contribution in [0.3, 0.4) is 0 Å². The Bertz CT molecular complexity index is 879. The van der Waals surface area contributed by atoms with E-state index in [1.807, 2.05) is 13.8 Å². The number of hydrogen-bond donors (Lipinski definition) is 1. The molecule has 136 valence electrons. The zero-order valence-corrected chi connectivity index (χ0v) is 15.3. The lowest BCUT2D eigenvalue weighted by Gasteiger charge is -2.15. The van der Waals surface area contributed by atoms with Gasteiger partial charge in [0.25, 0.3) is 0 Å². The van der Waals surface area contributed by atoms with Crippen molar-refractivity contribution < 1.29 is 18.7 Å². The van der Waals surface area contributed by atoms with E-state index in [0.29, 0.717) is 34.7 Å². The number of hydrogen-bond acceptors (Lipinski definition) is 8. The van der Waals surface area contributed by atoms with Crippen LogP contribution in [0.5, 0.6) is 17.2 Å². The Morgan fingerprint density at radius 3 is 2.23 bits per heavy atom. The van der Waals surface area contributed by atoms with E-state index < -0.39 is 0 Å². The van der Waals surface area contributed by atoms with Gasteiger partial charge in [-0.3, -0.25) is 0 Å². The maximum absolute atomic E-state index is 5.37. The number of ether oxygens (including phenoxy) is 3. The number of methoxy groups -OCH3 is 3. The van der Waals surface area contributed by atoms with E-state index in [4.69, 9.17) is 18.7 Å². The molecule has 0 aliphatic heterocycles. The molecular formula is C18H20N4O4. The van der Waals surface area contributed by atoms with Gasteiger partial charge in [-0.05, 0) is 19.9 Å². The highest BCUT2D eigenvalue weighted by atomic mass is 16.5. The third kappa shape index (κ3) is 3.26. The maximum Gasteiger partial charge on any atom is 0.203 e. The van der Waals surface area contributed by atoms with Crippen molar-refractivity contribution in [3.05, 3.63) is 35.9 Å². The molecule has 0 spiro atoms. The predicted octanol–water partition coefficient (Wildman–Crippen LogP) is 3.52. The number of nitrogens with one attached hydrogen (secondary N) is 1. The molecule has 0 saturated heterocycles. The molecule has 0 radical (unpaired) electrons. The Balaban J connectivity index is 1.96. The number of rotatable bonds is 6. The zero-order chi connectivity index (χ0) is 18.7. The number of anilines is 2. The summed E-state index contributed by atoms with van der Waals surface area (Å²) in [7, 11) is 4.70. The van der Waals surface area contributed by atoms with Crippen molar-refractivity contribution >= 4 is 11.5 Å². The van der Waals surface area contributed by atoms with Crippen molar-refractivity contribution in [2.75, 3.05) is 26.6 Å². The first kappa shape index (κ1) is 17.5. The molecule has 0 unspecified atom stereocenters. The fourth-order valence-electron chi connectivity index (χ4n) is 2.65. The molecule has 0 saturated carbocycles. The Kier molecular flexibility index (Phi) is 4.92. The average Bonchev–Trinajstić information content (AvgIpc) is 2.99. The van der Waals surface area contributed by atoms with E-state index in [9.17, 15) is 0 Å². The van der Waals surface area contributed by atoms with Gasteiger partial charge >= 0.3 is 0 Å². The first-order valence-electron chi connectivity index (χ1n) is 7.90. The summed E-state index contributed by atoms with van der Waals surface area (Å²) in [5.74, 6) is 3.46. The van der Waals surface area contributed by atoms with Crippen LogP contribution >= 0.6 is 0 Å². The second-order valence-electron chi connectivity index (χ2n) is 5.50. The lowest BCUT2D eigenvalue weighted by Crippen LogP contribution is -2.00. The SMILES string of the molecule is COc1cc(Nc2ccnc(-c3c(C)noc3C)n2)cc(OC)c1OC. The van der Waals surface area contributed by atoms with Crippen molar-refractivity contribution in [1.82, 2.24) is 15.1 Å². The number of aryl methyl sites for hydroxylation is 2. The molecule has 3 rings (SSSR count). The van der Waals surface area contributed by atoms with E-state index in [1.165, 1.54) is 0 Å². The molecule has 2 aromatic heterocycles. The van der Waals surface area contributed by atoms with Gasteiger partial charge in [-0.25, -0.2) is 9.97 Å². The topological polar surface area (TPSA) is 91.5 Å². The molecule has 1 N–H and O–H groups in total. The minimum Gasteiger partial charge on any atom is -0.493 e. The smallest absolute Gasteiger partial charge is 0.203 e. The molecule has 0 bridgehead atoms. The minimum atomic E-state index is 0.527. The molecule has 2 heterocycles. The second kappa shape index (κ2) is 7.30. The van der Waals surface area contributed by atoms with Gasteiger partial charge < -0.3 is 24.1 Å². The monoisotopic (exact) mass is 356 g/mol. The zero-order valence-electron chi connectivity index (χ0n) is 15.3. The van der Waals surface area contributed by atoms with Crippen molar-refractivity contribution in [2.24, 2.45) is 0 Å². The summed E-state index contributed by atoms with van der Waals surface area (Å²) in [6.07, 6.45) is 1.68. The number of benzene rings is 1. The lowest BCUT2D eigenvalue weighted by molar-refractivity contribution is 0.324. The number of nitrogens with zero attached hydrogens (tertiary/aromatic N) is 3. The Labute approximate surface area is 151 Å². The highest BCUT2D eigenvalue weighted by Crippen LogP contribution is 2.40. The predicted molar refractivity (Wildman–Crippen MR) is 96.4 cm³/mol. The summed E-state index contributed by atoms with van der Waals surface area (Å²) in [5.41, 5.74) is 2.27. The molecular weight excluding hydrogens is 336 g/mol. The van der Waals surface area contributed by atoms with Crippen LogP contribution in [-0.4, -0.2) is 36.5 Å². The van der Waals surface area contributed by atoms with Gasteiger partial charge in [0, 0.05) is 24.0 Å². The van der Waals surface area contributed by atoms with Crippen LogP contribution in [0.25, 0.3) is 11.4 Å². The lowest BCUT2D eigenvalue weighted by atomic mass is 10.2. The summed E-state index contributed by atoms with van der Waals surface area (Å²) in [4.78, 5) is 8.87. The van der Waals surface area contributed by atoms with Gasteiger partial charge in [-0.1, -0.05) is 5.16 Å². The van der Waals surface area contributed by atoms with Crippen LogP contribution in [0.4, 0.5) is 11.5 Å². The number of aromatic nitrogens is 3. The van der Waals surface area contributed by atoms with E-state index >= 15 is 0 Å². The molecule has 8 heteroatoms. The molecule has 0 atom stereocenters. The highest BCUT2D eigenvalue weighted by molar-refractivity contribution is 5.68. The third-order valence-electron chi connectivity index (χ3n) is 3.85. The average molecular weight is 356 g/mol. The van der Waals surface area contributed by atoms with Gasteiger partial charge in [-0.2, -0.15) is 0 Å². The molecule has 8 nitrogen and oxygen atoms in total. The normalized spacial score (nSPS) is 10.5. The van der Waals surface area contributed by atoms with Crippen LogP contribution in [0, 0.1) is 13.8 Å². The summed E-state index contributed by atoms with van der Waals surface area (Å²) in [6.45, 7) is 3.69. The summed E-state index contributed by atoms with van der Waals surface area (Å²) < 4.78 is 21.3. The molecule has 3 aromatic rings. The summed E-state index contributed by atoms with van der Waals surface area (Å²) >= 11 is 0. The molecule has 0 fully saturated rings. The van der Waals surface area contributed by atoms with Gasteiger partial charge in [0.05, 0.1) is 32.6 Å². The Morgan fingerprint density at radius 2 is 1.69 bits per heavy atom. The first-order valence-corrected chi connectivity index (χ1v) is 7.90. The third-order valence-corrected chi connectivity index (χ3v) is 3.85. The summed E-state index contributed by atoms with van der Waals surface area (Å²) in [5, 5.41) is 7.18. The standard InChI is InChI=1S/C18H20N4O4/c1-10-16(11(2)26-22-10)18-19-7-6-15(21-18)20-12-8-13(23-3)17(25-5)14(9-12)24-4/h6-9H,1-5H3,(H,19,20,21). The fraction of sp³-hybridized carbons (Fsp3) is 0.278.